The Morgan fingerprint density at radius 2 is 1.89 bits per heavy atom. The van der Waals surface area contributed by atoms with Crippen molar-refractivity contribution in [1.82, 2.24) is 0 Å². The highest BCUT2D eigenvalue weighted by Crippen LogP contribution is 2.53. The van der Waals surface area contributed by atoms with Crippen molar-refractivity contribution < 1.29 is 4.74 Å². The number of fused-ring (bicyclic) bond motifs is 1. The molecular weight excluding hydrogens is 269 g/mol. The zero-order chi connectivity index (χ0) is 12.9. The molecule has 0 bridgehead atoms. The maximum absolute atomic E-state index is 6.03. The second kappa shape index (κ2) is 4.29. The first kappa shape index (κ1) is 12.6. The van der Waals surface area contributed by atoms with Crippen LogP contribution in [0.2, 0.25) is 10.0 Å². The maximum Gasteiger partial charge on any atom is 0.0694 e. The molecule has 18 heavy (non-hydrogen) atoms. The normalized spacial score (nSPS) is 32.8. The number of hydrogen-bond acceptors (Lipinski definition) is 2. The summed E-state index contributed by atoms with van der Waals surface area (Å²) in [6, 6.07) is 6.03. The first-order chi connectivity index (χ1) is 8.48. The smallest absolute Gasteiger partial charge is 0.0694 e. The van der Waals surface area contributed by atoms with Crippen molar-refractivity contribution in [3.05, 3.63) is 28.2 Å². The van der Waals surface area contributed by atoms with E-state index in [1.54, 1.807) is 6.07 Å². The third-order valence-corrected chi connectivity index (χ3v) is 4.72. The average molecular weight is 286 g/mol. The van der Waals surface area contributed by atoms with Crippen LogP contribution in [-0.2, 0) is 4.74 Å². The van der Waals surface area contributed by atoms with Gasteiger partial charge in [-0.25, -0.2) is 0 Å². The number of benzene rings is 1. The Balaban J connectivity index is 1.80. The molecule has 98 valence electrons. The lowest BCUT2D eigenvalue weighted by Crippen LogP contribution is -2.63. The van der Waals surface area contributed by atoms with Gasteiger partial charge in [0.15, 0.2) is 0 Å². The standard InChI is InChI=1S/C14H17Cl2NO/c1-14(2)12(11-3-4-18-13(11)14)17-10-6-8(15)5-9(16)7-10/h5-7,11-13,17H,3-4H2,1-2H3. The summed E-state index contributed by atoms with van der Waals surface area (Å²) in [6.45, 7) is 5.39. The lowest BCUT2D eigenvalue weighted by Gasteiger charge is -2.55. The van der Waals surface area contributed by atoms with Gasteiger partial charge in [-0.05, 0) is 24.6 Å². The van der Waals surface area contributed by atoms with E-state index in [9.17, 15) is 0 Å². The molecule has 0 amide bonds. The highest BCUT2D eigenvalue weighted by Gasteiger charge is 2.59. The predicted octanol–water partition coefficient (Wildman–Crippen LogP) is 4.22. The number of anilines is 1. The molecule has 1 saturated heterocycles. The lowest BCUT2D eigenvalue weighted by molar-refractivity contribution is -0.0923. The van der Waals surface area contributed by atoms with Gasteiger partial charge in [-0.1, -0.05) is 37.0 Å². The molecule has 2 fully saturated rings. The minimum atomic E-state index is 0.163. The largest absolute Gasteiger partial charge is 0.381 e. The summed E-state index contributed by atoms with van der Waals surface area (Å²) < 4.78 is 5.79. The fourth-order valence-corrected chi connectivity index (χ4v) is 3.96. The van der Waals surface area contributed by atoms with Gasteiger partial charge in [0.2, 0.25) is 0 Å². The summed E-state index contributed by atoms with van der Waals surface area (Å²) in [4.78, 5) is 0. The highest BCUT2D eigenvalue weighted by molar-refractivity contribution is 6.35. The molecule has 3 atom stereocenters. The van der Waals surface area contributed by atoms with Crippen LogP contribution >= 0.6 is 23.2 Å². The fraction of sp³-hybridized carbons (Fsp3) is 0.571. The van der Waals surface area contributed by atoms with Crippen molar-refractivity contribution in [3.63, 3.8) is 0 Å². The quantitative estimate of drug-likeness (QED) is 0.879. The summed E-state index contributed by atoms with van der Waals surface area (Å²) in [5, 5.41) is 4.91. The summed E-state index contributed by atoms with van der Waals surface area (Å²) >= 11 is 12.1. The summed E-state index contributed by atoms with van der Waals surface area (Å²) in [5.41, 5.74) is 1.16. The van der Waals surface area contributed by atoms with Crippen LogP contribution in [0.1, 0.15) is 20.3 Å². The van der Waals surface area contributed by atoms with Crippen LogP contribution in [-0.4, -0.2) is 18.8 Å². The Labute approximate surface area is 118 Å². The topological polar surface area (TPSA) is 21.3 Å². The van der Waals surface area contributed by atoms with E-state index in [2.05, 4.69) is 19.2 Å². The lowest BCUT2D eigenvalue weighted by atomic mass is 9.57. The Hall–Kier alpha value is -0.440. The van der Waals surface area contributed by atoms with Gasteiger partial charge in [0.05, 0.1) is 6.10 Å². The Morgan fingerprint density at radius 3 is 2.56 bits per heavy atom. The summed E-state index contributed by atoms with van der Waals surface area (Å²) in [6.07, 6.45) is 1.53. The van der Waals surface area contributed by atoms with E-state index in [1.165, 1.54) is 0 Å². The molecule has 0 aromatic heterocycles. The molecule has 0 radical (unpaired) electrons. The van der Waals surface area contributed by atoms with E-state index >= 15 is 0 Å². The number of rotatable bonds is 2. The summed E-state index contributed by atoms with van der Waals surface area (Å²) in [5.74, 6) is 0.609. The second-order valence-corrected chi connectivity index (χ2v) is 6.72. The van der Waals surface area contributed by atoms with Gasteiger partial charge in [0.1, 0.15) is 0 Å². The first-order valence-electron chi connectivity index (χ1n) is 6.33. The van der Waals surface area contributed by atoms with Gasteiger partial charge in [-0.3, -0.25) is 0 Å². The molecule has 2 nitrogen and oxygen atoms in total. The Kier molecular flexibility index (Phi) is 3.00. The van der Waals surface area contributed by atoms with Gasteiger partial charge in [-0.15, -0.1) is 0 Å². The van der Waals surface area contributed by atoms with Crippen LogP contribution in [0.15, 0.2) is 18.2 Å². The van der Waals surface area contributed by atoms with Crippen molar-refractivity contribution in [2.45, 2.75) is 32.4 Å². The molecule has 1 heterocycles. The molecular formula is C14H17Cl2NO. The molecule has 1 aromatic carbocycles. The fourth-order valence-electron chi connectivity index (χ4n) is 3.43. The zero-order valence-corrected chi connectivity index (χ0v) is 12.1. The second-order valence-electron chi connectivity index (χ2n) is 5.85. The number of ether oxygens (including phenoxy) is 1. The van der Waals surface area contributed by atoms with E-state index in [4.69, 9.17) is 27.9 Å². The molecule has 1 aliphatic carbocycles. The molecule has 1 aromatic rings. The molecule has 1 N–H and O–H groups in total. The highest BCUT2D eigenvalue weighted by atomic mass is 35.5. The SMILES string of the molecule is CC1(C)C(Nc2cc(Cl)cc(Cl)c2)C2CCOC21. The third kappa shape index (κ3) is 1.91. The van der Waals surface area contributed by atoms with Gasteiger partial charge in [-0.2, -0.15) is 0 Å². The Morgan fingerprint density at radius 1 is 1.22 bits per heavy atom. The van der Waals surface area contributed by atoms with E-state index in [1.807, 2.05) is 12.1 Å². The molecule has 1 saturated carbocycles. The third-order valence-electron chi connectivity index (χ3n) is 4.29. The van der Waals surface area contributed by atoms with Crippen LogP contribution in [0, 0.1) is 11.3 Å². The number of nitrogens with one attached hydrogen (secondary N) is 1. The molecule has 3 unspecified atom stereocenters. The summed E-state index contributed by atoms with van der Waals surface area (Å²) in [7, 11) is 0. The van der Waals surface area contributed by atoms with Gasteiger partial charge >= 0.3 is 0 Å². The Bertz CT molecular complexity index is 455. The van der Waals surface area contributed by atoms with Gasteiger partial charge < -0.3 is 10.1 Å². The zero-order valence-electron chi connectivity index (χ0n) is 10.5. The molecule has 1 aliphatic heterocycles. The van der Waals surface area contributed by atoms with Crippen molar-refractivity contribution in [1.29, 1.82) is 0 Å². The number of halogens is 2. The van der Waals surface area contributed by atoms with E-state index in [0.29, 0.717) is 28.1 Å². The molecule has 4 heteroatoms. The molecule has 0 spiro atoms. The van der Waals surface area contributed by atoms with Gasteiger partial charge in [0, 0.05) is 39.7 Å². The van der Waals surface area contributed by atoms with E-state index in [-0.39, 0.29) is 5.41 Å². The van der Waals surface area contributed by atoms with Crippen LogP contribution < -0.4 is 5.32 Å². The van der Waals surface area contributed by atoms with Crippen LogP contribution in [0.25, 0.3) is 0 Å². The number of hydrogen-bond donors (Lipinski definition) is 1. The van der Waals surface area contributed by atoms with Crippen LogP contribution in [0.3, 0.4) is 0 Å². The average Bonchev–Trinajstić information content (AvgIpc) is 2.71. The van der Waals surface area contributed by atoms with Gasteiger partial charge in [0.25, 0.3) is 0 Å². The van der Waals surface area contributed by atoms with E-state index in [0.717, 1.165) is 18.7 Å². The maximum atomic E-state index is 6.03. The van der Waals surface area contributed by atoms with Crippen molar-refractivity contribution in [3.8, 4) is 0 Å². The minimum absolute atomic E-state index is 0.163. The van der Waals surface area contributed by atoms with E-state index < -0.39 is 0 Å². The van der Waals surface area contributed by atoms with Crippen LogP contribution in [0.5, 0.6) is 0 Å². The molecule has 3 rings (SSSR count). The predicted molar refractivity (Wildman–Crippen MR) is 75.5 cm³/mol. The minimum Gasteiger partial charge on any atom is -0.381 e. The van der Waals surface area contributed by atoms with Crippen molar-refractivity contribution in [2.75, 3.05) is 11.9 Å². The monoisotopic (exact) mass is 285 g/mol. The van der Waals surface area contributed by atoms with Crippen molar-refractivity contribution in [2.24, 2.45) is 11.3 Å². The van der Waals surface area contributed by atoms with Crippen molar-refractivity contribution >= 4 is 28.9 Å². The molecule has 2 aliphatic rings. The first-order valence-corrected chi connectivity index (χ1v) is 7.08. The van der Waals surface area contributed by atoms with Crippen LogP contribution in [0.4, 0.5) is 5.69 Å².